The summed E-state index contributed by atoms with van der Waals surface area (Å²) in [6.45, 7) is 3.40. The zero-order valence-corrected chi connectivity index (χ0v) is 10.9. The Morgan fingerprint density at radius 1 is 1.05 bits per heavy atom. The second-order valence-corrected chi connectivity index (χ2v) is 5.11. The Bertz CT molecular complexity index is 720. The highest BCUT2D eigenvalue weighted by molar-refractivity contribution is 5.89. The van der Waals surface area contributed by atoms with Gasteiger partial charge in [0.15, 0.2) is 0 Å². The minimum atomic E-state index is -0.983. The monoisotopic (exact) mass is 253 g/mol. The molecule has 4 nitrogen and oxygen atoms in total. The summed E-state index contributed by atoms with van der Waals surface area (Å²) >= 11 is 0. The summed E-state index contributed by atoms with van der Waals surface area (Å²) in [7, 11) is 0. The lowest BCUT2D eigenvalue weighted by Crippen LogP contribution is -2.15. The molecule has 4 heteroatoms. The van der Waals surface area contributed by atoms with Gasteiger partial charge < -0.3 is 5.11 Å². The smallest absolute Gasteiger partial charge is 0.114 e. The molecule has 0 spiro atoms. The summed E-state index contributed by atoms with van der Waals surface area (Å²) in [5.74, 6) is 0. The molecule has 19 heavy (non-hydrogen) atoms. The maximum Gasteiger partial charge on any atom is 0.114 e. The highest BCUT2D eigenvalue weighted by atomic mass is 16.3. The minimum Gasteiger partial charge on any atom is -0.384 e. The summed E-state index contributed by atoms with van der Waals surface area (Å²) < 4.78 is 1.70. The fourth-order valence-electron chi connectivity index (χ4n) is 2.07. The average molecular weight is 253 g/mol. The van der Waals surface area contributed by atoms with E-state index in [1.165, 1.54) is 0 Å². The lowest BCUT2D eigenvalue weighted by atomic mass is 10.1. The number of rotatable bonds is 2. The van der Waals surface area contributed by atoms with Crippen LogP contribution in [-0.4, -0.2) is 20.1 Å². The fraction of sp³-hybridized carbons (Fsp3) is 0.200. The molecule has 0 aliphatic carbocycles. The molecule has 0 bridgehead atoms. The van der Waals surface area contributed by atoms with Gasteiger partial charge in [-0.05, 0) is 25.3 Å². The van der Waals surface area contributed by atoms with Gasteiger partial charge in [0.05, 0.1) is 11.9 Å². The van der Waals surface area contributed by atoms with Crippen LogP contribution in [0.4, 0.5) is 0 Å². The standard InChI is InChI=1S/C15H15N3O/c1-15(2,19)14-10-18(17-16-14)13-9-5-7-11-6-3-4-8-12(11)13/h3-10,19H,1-2H3. The van der Waals surface area contributed by atoms with Crippen molar-refractivity contribution < 1.29 is 5.11 Å². The predicted molar refractivity (Wildman–Crippen MR) is 74.1 cm³/mol. The van der Waals surface area contributed by atoms with Gasteiger partial charge in [-0.1, -0.05) is 41.6 Å². The van der Waals surface area contributed by atoms with Crippen LogP contribution in [0.2, 0.25) is 0 Å². The number of fused-ring (bicyclic) bond motifs is 1. The number of aromatic nitrogens is 3. The maximum absolute atomic E-state index is 9.95. The van der Waals surface area contributed by atoms with Crippen molar-refractivity contribution in [3.63, 3.8) is 0 Å². The van der Waals surface area contributed by atoms with Crippen LogP contribution in [-0.2, 0) is 5.60 Å². The van der Waals surface area contributed by atoms with E-state index in [9.17, 15) is 5.11 Å². The maximum atomic E-state index is 9.95. The first-order valence-electron chi connectivity index (χ1n) is 6.19. The summed E-state index contributed by atoms with van der Waals surface area (Å²) in [5.41, 5.74) is 0.532. The molecular formula is C15H15N3O. The van der Waals surface area contributed by atoms with E-state index in [1.807, 2.05) is 24.3 Å². The number of nitrogens with zero attached hydrogens (tertiary/aromatic N) is 3. The Kier molecular flexibility index (Phi) is 2.61. The van der Waals surface area contributed by atoms with Gasteiger partial charge in [0.25, 0.3) is 0 Å². The summed E-state index contributed by atoms with van der Waals surface area (Å²) in [5, 5.41) is 20.4. The van der Waals surface area contributed by atoms with E-state index >= 15 is 0 Å². The number of hydrogen-bond acceptors (Lipinski definition) is 3. The number of benzene rings is 2. The van der Waals surface area contributed by atoms with Gasteiger partial charge in [0.2, 0.25) is 0 Å². The van der Waals surface area contributed by atoms with Gasteiger partial charge in [-0.15, -0.1) is 5.10 Å². The van der Waals surface area contributed by atoms with Crippen molar-refractivity contribution in [3.05, 3.63) is 54.4 Å². The molecule has 1 aromatic heterocycles. The van der Waals surface area contributed by atoms with Crippen molar-refractivity contribution >= 4 is 10.8 Å². The van der Waals surface area contributed by atoms with E-state index in [4.69, 9.17) is 0 Å². The van der Waals surface area contributed by atoms with Crippen molar-refractivity contribution in [2.45, 2.75) is 19.4 Å². The first-order valence-corrected chi connectivity index (χ1v) is 6.19. The molecule has 0 saturated carbocycles. The largest absolute Gasteiger partial charge is 0.384 e. The highest BCUT2D eigenvalue weighted by Crippen LogP contribution is 2.23. The molecular weight excluding hydrogens is 238 g/mol. The van der Waals surface area contributed by atoms with Crippen molar-refractivity contribution in [1.82, 2.24) is 15.0 Å². The third-order valence-corrected chi connectivity index (χ3v) is 3.13. The Morgan fingerprint density at radius 2 is 1.79 bits per heavy atom. The first kappa shape index (κ1) is 11.9. The normalized spacial score (nSPS) is 11.9. The van der Waals surface area contributed by atoms with Crippen molar-refractivity contribution in [1.29, 1.82) is 0 Å². The first-order chi connectivity index (χ1) is 9.05. The zero-order valence-electron chi connectivity index (χ0n) is 10.9. The van der Waals surface area contributed by atoms with Crippen LogP contribution >= 0.6 is 0 Å². The van der Waals surface area contributed by atoms with E-state index in [0.717, 1.165) is 16.5 Å². The third kappa shape index (κ3) is 2.11. The van der Waals surface area contributed by atoms with Gasteiger partial charge in [-0.2, -0.15) is 0 Å². The molecule has 0 radical (unpaired) electrons. The van der Waals surface area contributed by atoms with Crippen LogP contribution in [0, 0.1) is 0 Å². The number of hydrogen-bond donors (Lipinski definition) is 1. The van der Waals surface area contributed by atoms with Gasteiger partial charge in [-0.25, -0.2) is 4.68 Å². The van der Waals surface area contributed by atoms with Crippen LogP contribution < -0.4 is 0 Å². The minimum absolute atomic E-state index is 0.556. The van der Waals surface area contributed by atoms with Gasteiger partial charge in [0, 0.05) is 5.39 Å². The molecule has 3 aromatic rings. The van der Waals surface area contributed by atoms with E-state index in [1.54, 1.807) is 24.7 Å². The third-order valence-electron chi connectivity index (χ3n) is 3.13. The molecule has 1 heterocycles. The molecule has 96 valence electrons. The molecule has 2 aromatic carbocycles. The van der Waals surface area contributed by atoms with E-state index in [2.05, 4.69) is 28.5 Å². The predicted octanol–water partition coefficient (Wildman–Crippen LogP) is 2.65. The van der Waals surface area contributed by atoms with Gasteiger partial charge in [0.1, 0.15) is 11.3 Å². The Morgan fingerprint density at radius 3 is 2.53 bits per heavy atom. The quantitative estimate of drug-likeness (QED) is 0.764. The van der Waals surface area contributed by atoms with Crippen LogP contribution in [0.1, 0.15) is 19.5 Å². The molecule has 0 saturated heterocycles. The van der Waals surface area contributed by atoms with Crippen LogP contribution in [0.15, 0.2) is 48.7 Å². The highest BCUT2D eigenvalue weighted by Gasteiger charge is 2.20. The van der Waals surface area contributed by atoms with Crippen LogP contribution in [0.3, 0.4) is 0 Å². The average Bonchev–Trinajstić information content (AvgIpc) is 2.87. The van der Waals surface area contributed by atoms with Gasteiger partial charge >= 0.3 is 0 Å². The Balaban J connectivity index is 2.17. The Hall–Kier alpha value is -2.20. The summed E-state index contributed by atoms with van der Waals surface area (Å²) in [4.78, 5) is 0. The molecule has 0 amide bonds. The Labute approximate surface area is 111 Å². The lowest BCUT2D eigenvalue weighted by Gasteiger charge is -2.12. The van der Waals surface area contributed by atoms with Gasteiger partial charge in [-0.3, -0.25) is 0 Å². The zero-order chi connectivity index (χ0) is 13.5. The summed E-state index contributed by atoms with van der Waals surface area (Å²) in [6.07, 6.45) is 1.77. The molecule has 0 atom stereocenters. The molecule has 0 unspecified atom stereocenters. The lowest BCUT2D eigenvalue weighted by molar-refractivity contribution is 0.0737. The van der Waals surface area contributed by atoms with E-state index < -0.39 is 5.60 Å². The SMILES string of the molecule is CC(C)(O)c1cn(-c2cccc3ccccc23)nn1. The molecule has 0 aliphatic heterocycles. The second-order valence-electron chi connectivity index (χ2n) is 5.11. The van der Waals surface area contributed by atoms with Crippen LogP contribution in [0.5, 0.6) is 0 Å². The summed E-state index contributed by atoms with van der Waals surface area (Å²) in [6, 6.07) is 14.2. The van der Waals surface area contributed by atoms with Crippen molar-refractivity contribution in [2.75, 3.05) is 0 Å². The molecule has 3 rings (SSSR count). The van der Waals surface area contributed by atoms with Crippen molar-refractivity contribution in [2.24, 2.45) is 0 Å². The molecule has 0 fully saturated rings. The van der Waals surface area contributed by atoms with E-state index in [0.29, 0.717) is 5.69 Å². The molecule has 1 N–H and O–H groups in total. The molecule has 0 aliphatic rings. The second kappa shape index (κ2) is 4.17. The fourth-order valence-corrected chi connectivity index (χ4v) is 2.07. The van der Waals surface area contributed by atoms with Crippen LogP contribution in [0.25, 0.3) is 16.5 Å². The topological polar surface area (TPSA) is 50.9 Å². The van der Waals surface area contributed by atoms with E-state index in [-0.39, 0.29) is 0 Å². The van der Waals surface area contributed by atoms with Crippen molar-refractivity contribution in [3.8, 4) is 5.69 Å². The number of aliphatic hydroxyl groups is 1.